The SMILES string of the molecule is Cc1cc2ncn(C[C@H](O)CN3CCNC(=O)C3)c2cc1C. The van der Waals surface area contributed by atoms with Crippen LogP contribution in [0.2, 0.25) is 0 Å². The van der Waals surface area contributed by atoms with E-state index < -0.39 is 6.10 Å². The van der Waals surface area contributed by atoms with Crippen molar-refractivity contribution in [1.82, 2.24) is 19.8 Å². The molecule has 1 aliphatic rings. The Balaban J connectivity index is 1.70. The standard InChI is InChI=1S/C16H22N4O2/c1-11-5-14-15(6-12(11)2)20(10-18-14)8-13(21)7-19-4-3-17-16(22)9-19/h5-6,10,13,21H,3-4,7-9H2,1-2H3,(H,17,22)/t13-/m1/s1. The van der Waals surface area contributed by atoms with Gasteiger partial charge >= 0.3 is 0 Å². The predicted molar refractivity (Wildman–Crippen MR) is 84.7 cm³/mol. The Kier molecular flexibility index (Phi) is 4.13. The summed E-state index contributed by atoms with van der Waals surface area (Å²) in [5.41, 5.74) is 4.43. The van der Waals surface area contributed by atoms with Gasteiger partial charge in [0, 0.05) is 19.6 Å². The zero-order valence-electron chi connectivity index (χ0n) is 13.0. The number of aliphatic hydroxyl groups is 1. The summed E-state index contributed by atoms with van der Waals surface area (Å²) in [6, 6.07) is 4.18. The first-order chi connectivity index (χ1) is 10.5. The monoisotopic (exact) mass is 302 g/mol. The fourth-order valence-electron chi connectivity index (χ4n) is 2.89. The third-order valence-electron chi connectivity index (χ3n) is 4.23. The molecule has 0 saturated carbocycles. The highest BCUT2D eigenvalue weighted by Crippen LogP contribution is 2.18. The average Bonchev–Trinajstić information content (AvgIpc) is 2.81. The first-order valence-corrected chi connectivity index (χ1v) is 7.62. The van der Waals surface area contributed by atoms with Crippen molar-refractivity contribution in [3.8, 4) is 0 Å². The summed E-state index contributed by atoms with van der Waals surface area (Å²) in [6.07, 6.45) is 1.25. The first kappa shape index (κ1) is 15.0. The van der Waals surface area contributed by atoms with E-state index >= 15 is 0 Å². The van der Waals surface area contributed by atoms with Gasteiger partial charge in [0.25, 0.3) is 0 Å². The molecule has 0 aliphatic carbocycles. The van der Waals surface area contributed by atoms with Crippen molar-refractivity contribution in [2.45, 2.75) is 26.5 Å². The molecule has 1 aromatic carbocycles. The highest BCUT2D eigenvalue weighted by Gasteiger charge is 2.19. The molecule has 2 N–H and O–H groups in total. The van der Waals surface area contributed by atoms with Gasteiger partial charge < -0.3 is 15.0 Å². The zero-order valence-corrected chi connectivity index (χ0v) is 13.0. The van der Waals surface area contributed by atoms with Gasteiger partial charge in [-0.3, -0.25) is 9.69 Å². The molecule has 1 saturated heterocycles. The second kappa shape index (κ2) is 6.06. The van der Waals surface area contributed by atoms with Gasteiger partial charge in [0.05, 0.1) is 36.6 Å². The highest BCUT2D eigenvalue weighted by molar-refractivity contribution is 5.78. The van der Waals surface area contributed by atoms with Crippen LogP contribution in [0.4, 0.5) is 0 Å². The number of nitrogens with one attached hydrogen (secondary N) is 1. The predicted octanol–water partition coefficient (Wildman–Crippen LogP) is 0.446. The lowest BCUT2D eigenvalue weighted by molar-refractivity contribution is -0.124. The van der Waals surface area contributed by atoms with Crippen LogP contribution in [-0.4, -0.2) is 57.7 Å². The van der Waals surface area contributed by atoms with E-state index in [4.69, 9.17) is 0 Å². The number of benzene rings is 1. The lowest BCUT2D eigenvalue weighted by Gasteiger charge is -2.28. The van der Waals surface area contributed by atoms with Gasteiger partial charge in [0.15, 0.2) is 0 Å². The normalized spacial score (nSPS) is 17.7. The van der Waals surface area contributed by atoms with Gasteiger partial charge in [-0.25, -0.2) is 4.98 Å². The fraction of sp³-hybridized carbons (Fsp3) is 0.500. The number of aromatic nitrogens is 2. The summed E-state index contributed by atoms with van der Waals surface area (Å²) in [6.45, 7) is 6.93. The maximum atomic E-state index is 11.4. The van der Waals surface area contributed by atoms with E-state index in [1.165, 1.54) is 11.1 Å². The van der Waals surface area contributed by atoms with Gasteiger partial charge in [-0.1, -0.05) is 0 Å². The molecule has 1 aromatic heterocycles. The molecule has 6 nitrogen and oxygen atoms in total. The Morgan fingerprint density at radius 3 is 2.86 bits per heavy atom. The van der Waals surface area contributed by atoms with Crippen molar-refractivity contribution in [3.05, 3.63) is 29.6 Å². The first-order valence-electron chi connectivity index (χ1n) is 7.62. The molecular weight excluding hydrogens is 280 g/mol. The van der Waals surface area contributed by atoms with Crippen LogP contribution >= 0.6 is 0 Å². The van der Waals surface area contributed by atoms with E-state index in [0.29, 0.717) is 26.2 Å². The Labute approximate surface area is 129 Å². The van der Waals surface area contributed by atoms with Gasteiger partial charge in [-0.05, 0) is 37.1 Å². The van der Waals surface area contributed by atoms with Crippen molar-refractivity contribution in [2.75, 3.05) is 26.2 Å². The summed E-state index contributed by atoms with van der Waals surface area (Å²) in [5, 5.41) is 13.1. The van der Waals surface area contributed by atoms with Gasteiger partial charge in [0.1, 0.15) is 0 Å². The number of piperazine rings is 1. The molecule has 2 aromatic rings. The second-order valence-electron chi connectivity index (χ2n) is 6.06. The number of rotatable bonds is 4. The molecule has 22 heavy (non-hydrogen) atoms. The Hall–Kier alpha value is -1.92. The van der Waals surface area contributed by atoms with Crippen LogP contribution in [0, 0.1) is 13.8 Å². The van der Waals surface area contributed by atoms with E-state index in [9.17, 15) is 9.90 Å². The highest BCUT2D eigenvalue weighted by atomic mass is 16.3. The molecule has 1 atom stereocenters. The summed E-state index contributed by atoms with van der Waals surface area (Å²) < 4.78 is 1.98. The van der Waals surface area contributed by atoms with E-state index in [0.717, 1.165) is 17.6 Å². The minimum atomic E-state index is -0.523. The van der Waals surface area contributed by atoms with Crippen LogP contribution in [0.5, 0.6) is 0 Å². The maximum Gasteiger partial charge on any atom is 0.234 e. The number of fused-ring (bicyclic) bond motifs is 1. The topological polar surface area (TPSA) is 70.4 Å². The largest absolute Gasteiger partial charge is 0.390 e. The van der Waals surface area contributed by atoms with Crippen LogP contribution in [-0.2, 0) is 11.3 Å². The van der Waals surface area contributed by atoms with Gasteiger partial charge in [-0.15, -0.1) is 0 Å². The lowest BCUT2D eigenvalue weighted by atomic mass is 10.1. The number of carbonyl (C=O) groups excluding carboxylic acids is 1. The van der Waals surface area contributed by atoms with E-state index in [2.05, 4.69) is 36.3 Å². The molecule has 1 aliphatic heterocycles. The quantitative estimate of drug-likeness (QED) is 0.860. The minimum Gasteiger partial charge on any atom is -0.390 e. The van der Waals surface area contributed by atoms with Crippen molar-refractivity contribution < 1.29 is 9.90 Å². The zero-order chi connectivity index (χ0) is 15.7. The number of hydrogen-bond donors (Lipinski definition) is 2. The summed E-state index contributed by atoms with van der Waals surface area (Å²) >= 11 is 0. The molecular formula is C16H22N4O2. The van der Waals surface area contributed by atoms with Crippen LogP contribution in [0.1, 0.15) is 11.1 Å². The number of aliphatic hydroxyl groups excluding tert-OH is 1. The van der Waals surface area contributed by atoms with Crippen LogP contribution in [0.3, 0.4) is 0 Å². The summed E-state index contributed by atoms with van der Waals surface area (Å²) in [5.74, 6) is 0.0256. The summed E-state index contributed by atoms with van der Waals surface area (Å²) in [4.78, 5) is 17.8. The third-order valence-corrected chi connectivity index (χ3v) is 4.23. The number of imidazole rings is 1. The van der Waals surface area contributed by atoms with Crippen molar-refractivity contribution in [1.29, 1.82) is 0 Å². The molecule has 6 heteroatoms. The number of nitrogens with zero attached hydrogens (tertiary/aromatic N) is 3. The smallest absolute Gasteiger partial charge is 0.234 e. The lowest BCUT2D eigenvalue weighted by Crippen LogP contribution is -2.50. The maximum absolute atomic E-state index is 11.4. The number of hydrogen-bond acceptors (Lipinski definition) is 4. The Morgan fingerprint density at radius 1 is 1.32 bits per heavy atom. The van der Waals surface area contributed by atoms with Crippen molar-refractivity contribution in [2.24, 2.45) is 0 Å². The second-order valence-corrected chi connectivity index (χ2v) is 6.06. The number of β-amino-alcohol motifs (C(OH)–C–C–N with tert-alkyl or cyclic N) is 1. The molecule has 0 radical (unpaired) electrons. The molecule has 1 amide bonds. The molecule has 0 spiro atoms. The third kappa shape index (κ3) is 3.13. The van der Waals surface area contributed by atoms with E-state index in [1.807, 2.05) is 9.47 Å². The van der Waals surface area contributed by atoms with Crippen LogP contribution in [0.25, 0.3) is 11.0 Å². The van der Waals surface area contributed by atoms with Crippen LogP contribution in [0.15, 0.2) is 18.5 Å². The minimum absolute atomic E-state index is 0.0256. The number of aryl methyl sites for hydroxylation is 2. The van der Waals surface area contributed by atoms with Crippen molar-refractivity contribution in [3.63, 3.8) is 0 Å². The molecule has 118 valence electrons. The van der Waals surface area contributed by atoms with Crippen molar-refractivity contribution >= 4 is 16.9 Å². The molecule has 2 heterocycles. The van der Waals surface area contributed by atoms with Gasteiger partial charge in [0.2, 0.25) is 5.91 Å². The average molecular weight is 302 g/mol. The number of carbonyl (C=O) groups is 1. The fourth-order valence-corrected chi connectivity index (χ4v) is 2.89. The molecule has 3 rings (SSSR count). The summed E-state index contributed by atoms with van der Waals surface area (Å²) in [7, 11) is 0. The Bertz CT molecular complexity index is 695. The van der Waals surface area contributed by atoms with Gasteiger partial charge in [-0.2, -0.15) is 0 Å². The Morgan fingerprint density at radius 2 is 2.09 bits per heavy atom. The van der Waals surface area contributed by atoms with Crippen LogP contribution < -0.4 is 5.32 Å². The van der Waals surface area contributed by atoms with E-state index in [1.54, 1.807) is 6.33 Å². The number of amides is 1. The molecule has 1 fully saturated rings. The van der Waals surface area contributed by atoms with E-state index in [-0.39, 0.29) is 5.91 Å². The molecule has 0 bridgehead atoms. The molecule has 0 unspecified atom stereocenters.